The molecule has 0 spiro atoms. The molecule has 1 saturated heterocycles. The number of thiazole rings is 1. The summed E-state index contributed by atoms with van der Waals surface area (Å²) in [7, 11) is 1.66. The highest BCUT2D eigenvalue weighted by Gasteiger charge is 2.19. The Hall–Kier alpha value is -2.75. The van der Waals surface area contributed by atoms with Gasteiger partial charge in [-0.05, 0) is 44.2 Å². The number of ether oxygens (including phenoxy) is 3. The number of methoxy groups -OCH3 is 1. The maximum atomic E-state index is 6.13. The summed E-state index contributed by atoms with van der Waals surface area (Å²) in [5.74, 6) is 1.83. The van der Waals surface area contributed by atoms with Crippen molar-refractivity contribution in [1.82, 2.24) is 9.88 Å². The van der Waals surface area contributed by atoms with E-state index in [1.807, 2.05) is 24.3 Å². The molecular weight excluding hydrogens is 494 g/mol. The number of rotatable bonds is 9. The van der Waals surface area contributed by atoms with Gasteiger partial charge < -0.3 is 25.7 Å². The molecule has 0 saturated carbocycles. The van der Waals surface area contributed by atoms with Crippen LogP contribution in [0, 0.1) is 6.92 Å². The average molecular weight is 528 g/mol. The first-order valence-electron chi connectivity index (χ1n) is 11.9. The zero-order valence-electron chi connectivity index (χ0n) is 21.0. The molecule has 1 atom stereocenters. The summed E-state index contributed by atoms with van der Waals surface area (Å²) in [6.07, 6.45) is 4.18. The second kappa shape index (κ2) is 12.5. The molecule has 0 radical (unpaired) electrons. The summed E-state index contributed by atoms with van der Waals surface area (Å²) in [6.45, 7) is 9.09. The monoisotopic (exact) mass is 527 g/mol. The number of aromatic nitrogens is 1. The van der Waals surface area contributed by atoms with Crippen molar-refractivity contribution < 1.29 is 14.2 Å². The molecule has 2 aliphatic rings. The minimum Gasteiger partial charge on any atom is -0.493 e. The molecule has 36 heavy (non-hydrogen) atoms. The second-order valence-electron chi connectivity index (χ2n) is 8.50. The van der Waals surface area contributed by atoms with Crippen LogP contribution in [0.1, 0.15) is 29.2 Å². The molecule has 0 bridgehead atoms. The van der Waals surface area contributed by atoms with Crippen LogP contribution in [0.4, 0.5) is 0 Å². The number of morpholine rings is 1. The van der Waals surface area contributed by atoms with Crippen LogP contribution in [0.25, 0.3) is 10.6 Å². The topological polar surface area (TPSA) is 108 Å². The number of aryl methyl sites for hydroxylation is 1. The van der Waals surface area contributed by atoms with E-state index in [1.165, 1.54) is 0 Å². The zero-order valence-corrected chi connectivity index (χ0v) is 22.6. The minimum absolute atomic E-state index is 0.0747. The normalized spacial score (nSPS) is 20.4. The predicted octanol–water partition coefficient (Wildman–Crippen LogP) is 4.23. The third-order valence-corrected chi connectivity index (χ3v) is 7.86. The number of thioether (sulfide) groups is 1. The molecule has 3 heterocycles. The Morgan fingerprint density at radius 3 is 2.83 bits per heavy atom. The van der Waals surface area contributed by atoms with E-state index in [4.69, 9.17) is 30.7 Å². The Bertz CT molecular complexity index is 1190. The van der Waals surface area contributed by atoms with Crippen LogP contribution in [-0.4, -0.2) is 62.3 Å². The van der Waals surface area contributed by atoms with Crippen LogP contribution in [0.15, 0.2) is 51.8 Å². The summed E-state index contributed by atoms with van der Waals surface area (Å²) >= 11 is 3.25. The lowest BCUT2D eigenvalue weighted by atomic mass is 10.2. The highest BCUT2D eigenvalue weighted by Crippen LogP contribution is 2.41. The third-order valence-electron chi connectivity index (χ3n) is 5.81. The van der Waals surface area contributed by atoms with Crippen molar-refractivity contribution in [1.29, 1.82) is 0 Å². The molecule has 1 fully saturated rings. The summed E-state index contributed by atoms with van der Waals surface area (Å²) in [5, 5.41) is 1.74. The molecule has 192 valence electrons. The van der Waals surface area contributed by atoms with Crippen LogP contribution < -0.4 is 20.9 Å². The van der Waals surface area contributed by atoms with E-state index in [1.54, 1.807) is 36.3 Å². The van der Waals surface area contributed by atoms with Gasteiger partial charge in [-0.15, -0.1) is 11.3 Å². The molecule has 10 heteroatoms. The zero-order chi connectivity index (χ0) is 25.5. The maximum Gasteiger partial charge on any atom is 0.161 e. The number of allylic oxidation sites excluding steroid dienone is 1. The van der Waals surface area contributed by atoms with Crippen LogP contribution >= 0.6 is 23.1 Å². The predicted molar refractivity (Wildman–Crippen MR) is 148 cm³/mol. The van der Waals surface area contributed by atoms with Crippen molar-refractivity contribution in [2.24, 2.45) is 16.5 Å². The molecule has 1 unspecified atom stereocenters. The molecule has 2 aromatic rings. The summed E-state index contributed by atoms with van der Waals surface area (Å²) < 4.78 is 17.1. The van der Waals surface area contributed by atoms with Gasteiger partial charge in [0.25, 0.3) is 0 Å². The molecule has 4 N–H and O–H groups in total. The molecule has 1 aromatic carbocycles. The second-order valence-corrected chi connectivity index (χ2v) is 11.0. The van der Waals surface area contributed by atoms with Crippen LogP contribution in [0.2, 0.25) is 0 Å². The Morgan fingerprint density at radius 1 is 1.25 bits per heavy atom. The lowest BCUT2D eigenvalue weighted by Crippen LogP contribution is -2.38. The quantitative estimate of drug-likeness (QED) is 0.467. The number of nitrogens with zero attached hydrogens (tertiary/aromatic N) is 3. The van der Waals surface area contributed by atoms with Gasteiger partial charge in [0.05, 0.1) is 31.3 Å². The third kappa shape index (κ3) is 6.93. The van der Waals surface area contributed by atoms with Gasteiger partial charge in [-0.1, -0.05) is 17.5 Å². The minimum atomic E-state index is 0.0747. The van der Waals surface area contributed by atoms with Gasteiger partial charge in [-0.25, -0.2) is 9.98 Å². The number of nitrogens with two attached hydrogens (primary N) is 2. The molecule has 2 aliphatic heterocycles. The van der Waals surface area contributed by atoms with E-state index in [9.17, 15) is 0 Å². The fourth-order valence-corrected chi connectivity index (χ4v) is 5.98. The summed E-state index contributed by atoms with van der Waals surface area (Å²) in [5.41, 5.74) is 17.8. The van der Waals surface area contributed by atoms with Gasteiger partial charge in [0.15, 0.2) is 11.5 Å². The van der Waals surface area contributed by atoms with Crippen molar-refractivity contribution >= 4 is 28.9 Å². The van der Waals surface area contributed by atoms with E-state index >= 15 is 0 Å². The fourth-order valence-electron chi connectivity index (χ4n) is 3.91. The molecule has 0 aliphatic carbocycles. The molecule has 4 rings (SSSR count). The molecular formula is C26H33N5O3S2. The van der Waals surface area contributed by atoms with E-state index in [0.717, 1.165) is 64.8 Å². The summed E-state index contributed by atoms with van der Waals surface area (Å²) in [4.78, 5) is 12.9. The lowest BCUT2D eigenvalue weighted by molar-refractivity contribution is 0.0321. The fraction of sp³-hybridized carbons (Fsp3) is 0.423. The van der Waals surface area contributed by atoms with Crippen LogP contribution in [0.3, 0.4) is 0 Å². The smallest absolute Gasteiger partial charge is 0.161 e. The molecule has 1 aromatic heterocycles. The largest absolute Gasteiger partial charge is 0.493 e. The number of hydrogen-bond acceptors (Lipinski definition) is 10. The van der Waals surface area contributed by atoms with E-state index in [0.29, 0.717) is 30.3 Å². The highest BCUT2D eigenvalue weighted by atomic mass is 32.2. The first-order valence-corrected chi connectivity index (χ1v) is 13.6. The van der Waals surface area contributed by atoms with Crippen LogP contribution in [-0.2, 0) is 4.74 Å². The van der Waals surface area contributed by atoms with Gasteiger partial charge in [-0.3, -0.25) is 4.90 Å². The van der Waals surface area contributed by atoms with E-state index in [2.05, 4.69) is 29.5 Å². The number of aliphatic imine (C=N–C) groups is 1. The first-order chi connectivity index (χ1) is 17.4. The Labute approximate surface area is 220 Å². The van der Waals surface area contributed by atoms with Gasteiger partial charge in [0.1, 0.15) is 22.5 Å². The van der Waals surface area contributed by atoms with Crippen LogP contribution in [0.5, 0.6) is 11.5 Å². The van der Waals surface area contributed by atoms with Crippen molar-refractivity contribution in [2.75, 3.05) is 46.6 Å². The molecule has 0 amide bonds. The standard InChI is InChI=1S/C26H33N5O3S2/c1-17(35-24-6-4-5-20(27)16-23(28)29-24)25-18(2)36-26(30-25)19-7-8-21(32-3)22(15-19)34-14-11-31-9-12-33-13-10-31/h4,7-8,15-17H,5,9-14,27H2,1-3H3,(H2,28,29)/b20-16+. The van der Waals surface area contributed by atoms with Gasteiger partial charge >= 0.3 is 0 Å². The van der Waals surface area contributed by atoms with E-state index in [-0.39, 0.29) is 5.25 Å². The van der Waals surface area contributed by atoms with Crippen molar-refractivity contribution in [3.8, 4) is 22.1 Å². The van der Waals surface area contributed by atoms with Crippen molar-refractivity contribution in [3.05, 3.63) is 57.4 Å². The Kier molecular flexibility index (Phi) is 9.12. The van der Waals surface area contributed by atoms with Gasteiger partial charge in [-0.2, -0.15) is 0 Å². The van der Waals surface area contributed by atoms with Gasteiger partial charge in [0, 0.05) is 42.2 Å². The lowest BCUT2D eigenvalue weighted by Gasteiger charge is -2.26. The molecule has 8 nitrogen and oxygen atoms in total. The van der Waals surface area contributed by atoms with Crippen molar-refractivity contribution in [2.45, 2.75) is 25.5 Å². The number of benzene rings is 1. The van der Waals surface area contributed by atoms with Crippen molar-refractivity contribution in [3.63, 3.8) is 0 Å². The highest BCUT2D eigenvalue weighted by molar-refractivity contribution is 8.03. The Balaban J connectivity index is 1.47. The maximum absolute atomic E-state index is 6.13. The van der Waals surface area contributed by atoms with Gasteiger partial charge in [0.2, 0.25) is 0 Å². The van der Waals surface area contributed by atoms with E-state index < -0.39 is 0 Å². The number of hydrogen-bond donors (Lipinski definition) is 2. The Morgan fingerprint density at radius 2 is 2.06 bits per heavy atom. The average Bonchev–Trinajstić information content (AvgIpc) is 3.25. The first kappa shape index (κ1) is 26.3. The number of amidine groups is 1. The SMILES string of the molecule is COc1ccc(-c2nc(C(C)SC3=C=CC/C(N)=C\C(N)=N/3)c(C)s2)cc1OCCN1CCOCC1. The summed E-state index contributed by atoms with van der Waals surface area (Å²) in [6, 6.07) is 5.98.